The highest BCUT2D eigenvalue weighted by Crippen LogP contribution is 2.47. The van der Waals surface area contributed by atoms with Crippen LogP contribution in [0.3, 0.4) is 0 Å². The van der Waals surface area contributed by atoms with Gasteiger partial charge in [-0.25, -0.2) is 0 Å². The number of benzene rings is 7. The monoisotopic (exact) mass is 892 g/mol. The van der Waals surface area contributed by atoms with E-state index in [1.807, 2.05) is 72.8 Å². The van der Waals surface area contributed by atoms with Crippen molar-refractivity contribution in [1.82, 2.24) is 0 Å². The zero-order chi connectivity index (χ0) is 46.1. The fourth-order valence-corrected chi connectivity index (χ4v) is 8.35. The Morgan fingerprint density at radius 2 is 0.576 bits per heavy atom. The minimum Gasteiger partial charge on any atom is -0.497 e. The molecule has 0 fully saturated rings. The molecule has 9 heteroatoms. The number of anilines is 6. The van der Waals surface area contributed by atoms with Crippen LogP contribution in [0, 0.1) is 0 Å². The van der Waals surface area contributed by atoms with Gasteiger partial charge in [-0.05, 0) is 161 Å². The Morgan fingerprint density at radius 3 is 0.818 bits per heavy atom. The SMILES string of the molecule is CCCCCCOc1cc2c(cc1Nc1ccc(OC)cc1)c1cc(OCCCCCC)c(Nc3ccc(OC)cc3)cc1c1cc(OCCCCCC)c(Nc3ccc(OC)cc3)cc21. The van der Waals surface area contributed by atoms with E-state index in [2.05, 4.69) is 73.1 Å². The molecular weight excluding hydrogens is 823 g/mol. The lowest BCUT2D eigenvalue weighted by molar-refractivity contribution is 0.307. The van der Waals surface area contributed by atoms with Crippen LogP contribution in [0.4, 0.5) is 34.1 Å². The van der Waals surface area contributed by atoms with Crippen LogP contribution in [0.15, 0.2) is 109 Å². The Balaban J connectivity index is 1.47. The van der Waals surface area contributed by atoms with Crippen molar-refractivity contribution in [2.75, 3.05) is 57.1 Å². The Morgan fingerprint density at radius 1 is 0.318 bits per heavy atom. The number of ether oxygens (including phenoxy) is 6. The number of hydrogen-bond acceptors (Lipinski definition) is 9. The molecule has 0 spiro atoms. The lowest BCUT2D eigenvalue weighted by Gasteiger charge is -2.21. The van der Waals surface area contributed by atoms with Crippen molar-refractivity contribution in [3.05, 3.63) is 109 Å². The predicted octanol–water partition coefficient (Wildman–Crippen LogP) is 16.3. The van der Waals surface area contributed by atoms with Gasteiger partial charge >= 0.3 is 0 Å². The summed E-state index contributed by atoms with van der Waals surface area (Å²) in [5.41, 5.74) is 5.46. The molecule has 9 nitrogen and oxygen atoms in total. The molecule has 0 bridgehead atoms. The van der Waals surface area contributed by atoms with Gasteiger partial charge in [-0.2, -0.15) is 0 Å². The van der Waals surface area contributed by atoms with Crippen LogP contribution < -0.4 is 44.4 Å². The summed E-state index contributed by atoms with van der Waals surface area (Å²) in [5.74, 6) is 4.78. The highest BCUT2D eigenvalue weighted by molar-refractivity contribution is 6.28. The quantitative estimate of drug-likeness (QED) is 0.0345. The predicted molar refractivity (Wildman–Crippen MR) is 277 cm³/mol. The fourth-order valence-electron chi connectivity index (χ4n) is 8.35. The van der Waals surface area contributed by atoms with E-state index in [4.69, 9.17) is 28.4 Å². The van der Waals surface area contributed by atoms with Crippen LogP contribution in [0.2, 0.25) is 0 Å². The van der Waals surface area contributed by atoms with Crippen molar-refractivity contribution in [3.8, 4) is 34.5 Å². The molecule has 0 radical (unpaired) electrons. The zero-order valence-corrected chi connectivity index (χ0v) is 39.9. The van der Waals surface area contributed by atoms with E-state index in [9.17, 15) is 0 Å². The van der Waals surface area contributed by atoms with Crippen molar-refractivity contribution in [3.63, 3.8) is 0 Å². The van der Waals surface area contributed by atoms with Crippen molar-refractivity contribution in [2.45, 2.75) is 97.8 Å². The number of methoxy groups -OCH3 is 3. The van der Waals surface area contributed by atoms with Gasteiger partial charge in [0.1, 0.15) is 34.5 Å². The van der Waals surface area contributed by atoms with Crippen LogP contribution in [0.1, 0.15) is 97.8 Å². The number of nitrogens with one attached hydrogen (secondary N) is 3. The Labute approximate surface area is 392 Å². The van der Waals surface area contributed by atoms with Gasteiger partial charge in [-0.1, -0.05) is 78.6 Å². The first kappa shape index (κ1) is 47.5. The molecule has 0 amide bonds. The molecule has 348 valence electrons. The van der Waals surface area contributed by atoms with E-state index in [1.54, 1.807) is 21.3 Å². The zero-order valence-electron chi connectivity index (χ0n) is 39.9. The number of hydrogen-bond donors (Lipinski definition) is 3. The second kappa shape index (κ2) is 24.2. The van der Waals surface area contributed by atoms with E-state index < -0.39 is 0 Å². The lowest BCUT2D eigenvalue weighted by atomic mass is 9.92. The second-order valence-corrected chi connectivity index (χ2v) is 17.0. The molecule has 0 unspecified atom stereocenters. The Bertz CT molecular complexity index is 2290. The third kappa shape index (κ3) is 12.2. The molecule has 0 saturated carbocycles. The topological polar surface area (TPSA) is 91.5 Å². The summed E-state index contributed by atoms with van der Waals surface area (Å²) in [7, 11) is 5.06. The number of rotatable bonds is 27. The molecule has 7 aromatic carbocycles. The van der Waals surface area contributed by atoms with E-state index in [0.29, 0.717) is 19.8 Å². The normalized spacial score (nSPS) is 11.2. The highest BCUT2D eigenvalue weighted by atomic mass is 16.5. The summed E-state index contributed by atoms with van der Waals surface area (Å²) in [6.07, 6.45) is 13.3. The van der Waals surface area contributed by atoms with Crippen LogP contribution in [-0.2, 0) is 0 Å². The van der Waals surface area contributed by atoms with Gasteiger partial charge < -0.3 is 44.4 Å². The smallest absolute Gasteiger partial charge is 0.143 e. The average Bonchev–Trinajstić information content (AvgIpc) is 3.35. The van der Waals surface area contributed by atoms with Crippen molar-refractivity contribution in [2.24, 2.45) is 0 Å². The van der Waals surface area contributed by atoms with E-state index >= 15 is 0 Å². The third-order valence-corrected chi connectivity index (χ3v) is 12.1. The first-order valence-electron chi connectivity index (χ1n) is 24.1. The summed E-state index contributed by atoms with van der Waals surface area (Å²) in [5, 5.41) is 17.6. The molecule has 0 aromatic heterocycles. The molecule has 0 heterocycles. The summed E-state index contributed by atoms with van der Waals surface area (Å²) in [6, 6.07) is 37.5. The number of fused-ring (bicyclic) bond motifs is 6. The average molecular weight is 892 g/mol. The standard InChI is InChI=1S/C57H69N3O6/c1-7-10-13-16-31-64-55-37-49-46(34-52(55)58-40-19-25-43(61-4)26-20-40)50-38-56(65-32-17-14-11-8-2)54(60-42-23-29-45(63-6)30-24-42)36-48(50)51-39-57(66-33-18-15-12-9-3)53(35-47(49)51)59-41-21-27-44(62-5)28-22-41/h19-30,34-39,58-60H,7-18,31-33H2,1-6H3. The summed E-state index contributed by atoms with van der Waals surface area (Å²) in [4.78, 5) is 0. The minimum atomic E-state index is 0.616. The molecule has 7 aromatic rings. The van der Waals surface area contributed by atoms with E-state index in [-0.39, 0.29) is 0 Å². The molecule has 66 heavy (non-hydrogen) atoms. The summed E-state index contributed by atoms with van der Waals surface area (Å²) in [6.45, 7) is 8.55. The molecule has 0 saturated heterocycles. The van der Waals surface area contributed by atoms with Gasteiger partial charge in [0.15, 0.2) is 0 Å². The van der Waals surface area contributed by atoms with Gasteiger partial charge in [-0.3, -0.25) is 0 Å². The first-order chi connectivity index (χ1) is 32.4. The van der Waals surface area contributed by atoms with Crippen molar-refractivity contribution < 1.29 is 28.4 Å². The maximum absolute atomic E-state index is 6.75. The molecular formula is C57H69N3O6. The summed E-state index contributed by atoms with van der Waals surface area (Å²) < 4.78 is 36.8. The van der Waals surface area contributed by atoms with Crippen LogP contribution in [-0.4, -0.2) is 41.2 Å². The molecule has 0 aliphatic carbocycles. The van der Waals surface area contributed by atoms with Crippen LogP contribution in [0.5, 0.6) is 34.5 Å². The molecule has 3 N–H and O–H groups in total. The van der Waals surface area contributed by atoms with Crippen LogP contribution >= 0.6 is 0 Å². The summed E-state index contributed by atoms with van der Waals surface area (Å²) >= 11 is 0. The molecule has 0 atom stereocenters. The van der Waals surface area contributed by atoms with Crippen LogP contribution in [0.25, 0.3) is 32.3 Å². The lowest BCUT2D eigenvalue weighted by Crippen LogP contribution is -2.04. The van der Waals surface area contributed by atoms with Gasteiger partial charge in [-0.15, -0.1) is 0 Å². The Hall–Kier alpha value is -6.48. The molecule has 0 aliphatic rings. The fraction of sp³-hybridized carbons (Fsp3) is 0.368. The van der Waals surface area contributed by atoms with Gasteiger partial charge in [0.05, 0.1) is 58.2 Å². The van der Waals surface area contributed by atoms with Gasteiger partial charge in [0.2, 0.25) is 0 Å². The Kier molecular flexibility index (Phi) is 17.4. The molecule has 7 rings (SSSR count). The molecule has 0 aliphatic heterocycles. The highest BCUT2D eigenvalue weighted by Gasteiger charge is 2.20. The van der Waals surface area contributed by atoms with Crippen molar-refractivity contribution in [1.29, 1.82) is 0 Å². The van der Waals surface area contributed by atoms with E-state index in [1.165, 1.54) is 38.5 Å². The minimum absolute atomic E-state index is 0.616. The largest absolute Gasteiger partial charge is 0.497 e. The maximum atomic E-state index is 6.75. The first-order valence-corrected chi connectivity index (χ1v) is 24.1. The second-order valence-electron chi connectivity index (χ2n) is 17.0. The van der Waals surface area contributed by atoms with E-state index in [0.717, 1.165) is 139 Å². The maximum Gasteiger partial charge on any atom is 0.143 e. The third-order valence-electron chi connectivity index (χ3n) is 12.1. The number of unbranched alkanes of at least 4 members (excludes halogenated alkanes) is 9. The van der Waals surface area contributed by atoms with Gasteiger partial charge in [0, 0.05) is 17.1 Å². The van der Waals surface area contributed by atoms with Crippen molar-refractivity contribution >= 4 is 66.4 Å². The van der Waals surface area contributed by atoms with Gasteiger partial charge in [0.25, 0.3) is 0 Å².